The summed E-state index contributed by atoms with van der Waals surface area (Å²) >= 11 is 6.33. The van der Waals surface area contributed by atoms with Crippen LogP contribution in [0.2, 0.25) is 5.02 Å². The van der Waals surface area contributed by atoms with Crippen LogP contribution in [-0.2, 0) is 16.3 Å². The number of hydrogen-bond acceptors (Lipinski definition) is 4. The number of sulfone groups is 1. The molecule has 6 heteroatoms. The van der Waals surface area contributed by atoms with Crippen LogP contribution in [-0.4, -0.2) is 39.1 Å². The summed E-state index contributed by atoms with van der Waals surface area (Å²) in [6.07, 6.45) is 1.38. The van der Waals surface area contributed by atoms with Gasteiger partial charge in [-0.25, -0.2) is 8.42 Å². The Morgan fingerprint density at radius 3 is 2.75 bits per heavy atom. The van der Waals surface area contributed by atoms with Gasteiger partial charge in [-0.15, -0.1) is 0 Å². The largest absolute Gasteiger partial charge is 0.369 e. The molecule has 2 N–H and O–H groups in total. The number of hydrogen-bond donors (Lipinski definition) is 1. The van der Waals surface area contributed by atoms with Crippen LogP contribution < -0.4 is 10.6 Å². The molecule has 1 fully saturated rings. The third kappa shape index (κ3) is 3.45. The molecule has 1 heterocycles. The van der Waals surface area contributed by atoms with Gasteiger partial charge < -0.3 is 10.6 Å². The van der Waals surface area contributed by atoms with Crippen LogP contribution in [0.1, 0.15) is 18.9 Å². The Balaban J connectivity index is 2.31. The van der Waals surface area contributed by atoms with Crippen LogP contribution in [0.5, 0.6) is 0 Å². The Bertz CT molecular complexity index is 587. The smallest absolute Gasteiger partial charge is 0.152 e. The lowest BCUT2D eigenvalue weighted by atomic mass is 10.0. The highest BCUT2D eigenvalue weighted by Crippen LogP contribution is 2.33. The molecule has 0 radical (unpaired) electrons. The molecule has 112 valence electrons. The van der Waals surface area contributed by atoms with Crippen molar-refractivity contribution in [1.29, 1.82) is 0 Å². The predicted molar refractivity (Wildman–Crippen MR) is 84.3 cm³/mol. The molecular weight excluding hydrogens is 296 g/mol. The summed E-state index contributed by atoms with van der Waals surface area (Å²) < 4.78 is 23.3. The highest BCUT2D eigenvalue weighted by atomic mass is 35.5. The number of nitrogens with two attached hydrogens (primary N) is 1. The van der Waals surface area contributed by atoms with E-state index in [1.54, 1.807) is 0 Å². The summed E-state index contributed by atoms with van der Waals surface area (Å²) in [5, 5.41) is 0.648. The molecule has 0 aromatic heterocycles. The van der Waals surface area contributed by atoms with Crippen molar-refractivity contribution in [2.45, 2.75) is 31.8 Å². The SMILES string of the molecule is CC(N)Cc1cccc(Cl)c1N(C)C1CCS(=O)(=O)C1. The molecule has 1 aromatic rings. The van der Waals surface area contributed by atoms with E-state index in [-0.39, 0.29) is 23.6 Å². The van der Waals surface area contributed by atoms with E-state index < -0.39 is 9.84 Å². The second-order valence-electron chi connectivity index (χ2n) is 5.60. The zero-order valence-electron chi connectivity index (χ0n) is 11.8. The average molecular weight is 317 g/mol. The maximum Gasteiger partial charge on any atom is 0.152 e. The summed E-state index contributed by atoms with van der Waals surface area (Å²) in [5.41, 5.74) is 7.86. The third-order valence-electron chi connectivity index (χ3n) is 3.72. The van der Waals surface area contributed by atoms with Gasteiger partial charge in [0, 0.05) is 19.1 Å². The summed E-state index contributed by atoms with van der Waals surface area (Å²) in [5.74, 6) is 0.460. The van der Waals surface area contributed by atoms with Crippen molar-refractivity contribution in [2.75, 3.05) is 23.5 Å². The zero-order valence-corrected chi connectivity index (χ0v) is 13.4. The molecule has 0 aliphatic carbocycles. The molecule has 2 atom stereocenters. The maximum atomic E-state index is 11.6. The molecule has 0 amide bonds. The van der Waals surface area contributed by atoms with Gasteiger partial charge in [0.05, 0.1) is 22.2 Å². The fraction of sp³-hybridized carbons (Fsp3) is 0.571. The van der Waals surface area contributed by atoms with Crippen LogP contribution in [0.25, 0.3) is 0 Å². The van der Waals surface area contributed by atoms with E-state index in [9.17, 15) is 8.42 Å². The quantitative estimate of drug-likeness (QED) is 0.921. The summed E-state index contributed by atoms with van der Waals surface area (Å²) in [4.78, 5) is 2.00. The van der Waals surface area contributed by atoms with Gasteiger partial charge in [0.25, 0.3) is 0 Å². The minimum Gasteiger partial charge on any atom is -0.369 e. The molecule has 4 nitrogen and oxygen atoms in total. The second-order valence-corrected chi connectivity index (χ2v) is 8.23. The Morgan fingerprint density at radius 2 is 2.20 bits per heavy atom. The predicted octanol–water partition coefficient (Wildman–Crippen LogP) is 1.85. The van der Waals surface area contributed by atoms with Gasteiger partial charge in [0.2, 0.25) is 0 Å². The number of halogens is 1. The number of para-hydroxylation sites is 1. The van der Waals surface area contributed by atoms with Gasteiger partial charge in [-0.1, -0.05) is 23.7 Å². The van der Waals surface area contributed by atoms with Crippen molar-refractivity contribution in [3.63, 3.8) is 0 Å². The van der Waals surface area contributed by atoms with Crippen LogP contribution >= 0.6 is 11.6 Å². The lowest BCUT2D eigenvalue weighted by molar-refractivity contribution is 0.600. The van der Waals surface area contributed by atoms with Gasteiger partial charge in [-0.05, 0) is 31.4 Å². The molecular formula is C14H21ClN2O2S. The maximum absolute atomic E-state index is 11.6. The molecule has 1 saturated heterocycles. The standard InChI is InChI=1S/C14H21ClN2O2S/c1-10(16)8-11-4-3-5-13(15)14(11)17(2)12-6-7-20(18,19)9-12/h3-5,10,12H,6-9,16H2,1-2H3. The highest BCUT2D eigenvalue weighted by molar-refractivity contribution is 7.91. The van der Waals surface area contributed by atoms with E-state index in [0.717, 1.165) is 17.7 Å². The topological polar surface area (TPSA) is 63.4 Å². The van der Waals surface area contributed by atoms with Crippen LogP contribution in [0.4, 0.5) is 5.69 Å². The van der Waals surface area contributed by atoms with Crippen LogP contribution in [0, 0.1) is 0 Å². The average Bonchev–Trinajstić information content (AvgIpc) is 2.68. The lowest BCUT2D eigenvalue weighted by Gasteiger charge is -2.29. The van der Waals surface area contributed by atoms with E-state index in [0.29, 0.717) is 11.4 Å². The fourth-order valence-electron chi connectivity index (χ4n) is 2.73. The number of anilines is 1. The molecule has 0 bridgehead atoms. The van der Waals surface area contributed by atoms with Crippen molar-refractivity contribution in [3.8, 4) is 0 Å². The summed E-state index contributed by atoms with van der Waals surface area (Å²) in [7, 11) is -0.993. The second kappa shape index (κ2) is 5.92. The molecule has 0 spiro atoms. The van der Waals surface area contributed by atoms with E-state index >= 15 is 0 Å². The van der Waals surface area contributed by atoms with Gasteiger partial charge >= 0.3 is 0 Å². The molecule has 2 rings (SSSR count). The molecule has 1 aromatic carbocycles. The Hall–Kier alpha value is -0.780. The Morgan fingerprint density at radius 1 is 1.50 bits per heavy atom. The van der Waals surface area contributed by atoms with Crippen molar-refractivity contribution >= 4 is 27.1 Å². The molecule has 1 aliphatic heterocycles. The molecule has 0 saturated carbocycles. The van der Waals surface area contributed by atoms with E-state index in [1.807, 2.05) is 37.1 Å². The van der Waals surface area contributed by atoms with E-state index in [2.05, 4.69) is 0 Å². The first kappa shape index (κ1) is 15.6. The molecule has 2 unspecified atom stereocenters. The Kier molecular flexibility index (Phi) is 4.62. The van der Waals surface area contributed by atoms with Crippen molar-refractivity contribution in [2.24, 2.45) is 5.73 Å². The van der Waals surface area contributed by atoms with Gasteiger partial charge in [-0.2, -0.15) is 0 Å². The van der Waals surface area contributed by atoms with Gasteiger partial charge in [0.1, 0.15) is 0 Å². The summed E-state index contributed by atoms with van der Waals surface area (Å²) in [6.45, 7) is 1.95. The van der Waals surface area contributed by atoms with Crippen molar-refractivity contribution in [3.05, 3.63) is 28.8 Å². The highest BCUT2D eigenvalue weighted by Gasteiger charge is 2.32. The molecule has 20 heavy (non-hydrogen) atoms. The first-order chi connectivity index (χ1) is 9.30. The zero-order chi connectivity index (χ0) is 14.9. The monoisotopic (exact) mass is 316 g/mol. The third-order valence-corrected chi connectivity index (χ3v) is 5.78. The number of rotatable bonds is 4. The first-order valence-corrected chi connectivity index (χ1v) is 8.96. The van der Waals surface area contributed by atoms with E-state index in [1.165, 1.54) is 0 Å². The van der Waals surface area contributed by atoms with Crippen molar-refractivity contribution < 1.29 is 8.42 Å². The van der Waals surface area contributed by atoms with E-state index in [4.69, 9.17) is 17.3 Å². The van der Waals surface area contributed by atoms with Gasteiger partial charge in [0.15, 0.2) is 9.84 Å². The lowest BCUT2D eigenvalue weighted by Crippen LogP contribution is -2.34. The first-order valence-electron chi connectivity index (χ1n) is 6.76. The number of nitrogens with zero attached hydrogens (tertiary/aromatic N) is 1. The van der Waals surface area contributed by atoms with Gasteiger partial charge in [-0.3, -0.25) is 0 Å². The fourth-order valence-corrected chi connectivity index (χ4v) is 4.83. The van der Waals surface area contributed by atoms with Crippen molar-refractivity contribution in [1.82, 2.24) is 0 Å². The number of benzene rings is 1. The van der Waals surface area contributed by atoms with Crippen LogP contribution in [0.3, 0.4) is 0 Å². The minimum absolute atomic E-state index is 0.00766. The minimum atomic E-state index is -2.91. The van der Waals surface area contributed by atoms with Crippen LogP contribution in [0.15, 0.2) is 18.2 Å². The summed E-state index contributed by atoms with van der Waals surface area (Å²) in [6, 6.07) is 5.77. The molecule has 1 aliphatic rings. The Labute approximate surface area is 125 Å². The normalized spacial score (nSPS) is 22.7.